The third-order valence-corrected chi connectivity index (χ3v) is 4.28. The molecule has 1 atom stereocenters. The highest BCUT2D eigenvalue weighted by atomic mass is 15.2. The minimum absolute atomic E-state index is 0.543. The Kier molecular flexibility index (Phi) is 5.87. The first-order valence-electron chi connectivity index (χ1n) is 7.86. The van der Waals surface area contributed by atoms with Crippen LogP contribution in [-0.4, -0.2) is 24.0 Å². The lowest BCUT2D eigenvalue weighted by Crippen LogP contribution is -2.45. The Morgan fingerprint density at radius 2 is 1.84 bits per heavy atom. The molecule has 106 valence electrons. The van der Waals surface area contributed by atoms with Crippen molar-refractivity contribution in [2.45, 2.75) is 58.0 Å². The van der Waals surface area contributed by atoms with Gasteiger partial charge in [0.25, 0.3) is 0 Å². The fourth-order valence-electron chi connectivity index (χ4n) is 3.05. The first-order valence-corrected chi connectivity index (χ1v) is 7.86. The summed E-state index contributed by atoms with van der Waals surface area (Å²) in [5, 5.41) is 0. The van der Waals surface area contributed by atoms with Crippen LogP contribution >= 0.6 is 0 Å². The topological polar surface area (TPSA) is 29.3 Å². The molecule has 1 heterocycles. The van der Waals surface area contributed by atoms with E-state index in [4.69, 9.17) is 5.73 Å². The summed E-state index contributed by atoms with van der Waals surface area (Å²) in [6, 6.07) is 9.37. The first kappa shape index (κ1) is 14.5. The zero-order chi connectivity index (χ0) is 13.5. The zero-order valence-electron chi connectivity index (χ0n) is 12.3. The Bertz CT molecular complexity index is 375. The van der Waals surface area contributed by atoms with Crippen molar-refractivity contribution < 1.29 is 0 Å². The minimum atomic E-state index is 0.543. The van der Waals surface area contributed by atoms with E-state index >= 15 is 0 Å². The van der Waals surface area contributed by atoms with Gasteiger partial charge in [0.05, 0.1) is 0 Å². The quantitative estimate of drug-likeness (QED) is 0.762. The van der Waals surface area contributed by atoms with Crippen LogP contribution in [0.1, 0.15) is 50.2 Å². The van der Waals surface area contributed by atoms with E-state index in [9.17, 15) is 0 Å². The fraction of sp³-hybridized carbons (Fsp3) is 0.647. The van der Waals surface area contributed by atoms with E-state index in [0.29, 0.717) is 6.04 Å². The maximum Gasteiger partial charge on any atom is 0.0262 e. The van der Waals surface area contributed by atoms with Gasteiger partial charge in [0, 0.05) is 19.1 Å². The molecule has 0 saturated carbocycles. The van der Waals surface area contributed by atoms with Gasteiger partial charge in [-0.05, 0) is 30.5 Å². The summed E-state index contributed by atoms with van der Waals surface area (Å²) in [5.41, 5.74) is 8.96. The van der Waals surface area contributed by atoms with Crippen molar-refractivity contribution in [1.82, 2.24) is 4.90 Å². The number of hydrogen-bond acceptors (Lipinski definition) is 2. The maximum atomic E-state index is 5.96. The van der Waals surface area contributed by atoms with Gasteiger partial charge in [-0.3, -0.25) is 4.90 Å². The molecule has 19 heavy (non-hydrogen) atoms. The van der Waals surface area contributed by atoms with Gasteiger partial charge >= 0.3 is 0 Å². The van der Waals surface area contributed by atoms with E-state index in [1.807, 2.05) is 0 Å². The summed E-state index contributed by atoms with van der Waals surface area (Å²) in [5.74, 6) is 0. The molecule has 1 aliphatic rings. The maximum absolute atomic E-state index is 5.96. The molecule has 0 radical (unpaired) electrons. The highest BCUT2D eigenvalue weighted by molar-refractivity contribution is 5.30. The molecule has 0 aromatic heterocycles. The van der Waals surface area contributed by atoms with Gasteiger partial charge in [0.1, 0.15) is 0 Å². The van der Waals surface area contributed by atoms with Crippen LogP contribution in [-0.2, 0) is 13.0 Å². The van der Waals surface area contributed by atoms with Gasteiger partial charge in [-0.15, -0.1) is 0 Å². The summed E-state index contributed by atoms with van der Waals surface area (Å²) in [6.07, 6.45) is 7.89. The molecule has 0 bridgehead atoms. The average Bonchev–Trinajstić information content (AvgIpc) is 2.46. The van der Waals surface area contributed by atoms with Crippen molar-refractivity contribution in [3.63, 3.8) is 0 Å². The largest absolute Gasteiger partial charge is 0.329 e. The Labute approximate surface area is 118 Å². The molecular weight excluding hydrogens is 232 g/mol. The van der Waals surface area contributed by atoms with Crippen molar-refractivity contribution in [1.29, 1.82) is 0 Å². The summed E-state index contributed by atoms with van der Waals surface area (Å²) in [7, 11) is 0. The summed E-state index contributed by atoms with van der Waals surface area (Å²) in [6.45, 7) is 5.35. The number of unbranched alkanes of at least 4 members (excludes halogenated alkanes) is 4. The molecule has 2 nitrogen and oxygen atoms in total. The van der Waals surface area contributed by atoms with Crippen LogP contribution in [0.2, 0.25) is 0 Å². The van der Waals surface area contributed by atoms with E-state index in [1.54, 1.807) is 0 Å². The second-order valence-electron chi connectivity index (χ2n) is 5.75. The van der Waals surface area contributed by atoms with Gasteiger partial charge in [0.15, 0.2) is 0 Å². The highest BCUT2D eigenvalue weighted by Gasteiger charge is 2.23. The van der Waals surface area contributed by atoms with Crippen molar-refractivity contribution in [3.8, 4) is 0 Å². The molecule has 0 spiro atoms. The predicted octanol–water partition coefficient (Wildman–Crippen LogP) is 3.34. The van der Waals surface area contributed by atoms with Crippen LogP contribution in [0.5, 0.6) is 0 Å². The SMILES string of the molecule is CCCCCCCN1Cc2ccccc2CC1CN. The minimum Gasteiger partial charge on any atom is -0.329 e. The van der Waals surface area contributed by atoms with Crippen molar-refractivity contribution >= 4 is 0 Å². The van der Waals surface area contributed by atoms with Crippen LogP contribution in [0, 0.1) is 0 Å². The van der Waals surface area contributed by atoms with Crippen LogP contribution in [0.3, 0.4) is 0 Å². The third kappa shape index (κ3) is 4.05. The number of hydrogen-bond donors (Lipinski definition) is 1. The number of fused-ring (bicyclic) bond motifs is 1. The van der Waals surface area contributed by atoms with E-state index in [-0.39, 0.29) is 0 Å². The Morgan fingerprint density at radius 3 is 2.58 bits per heavy atom. The van der Waals surface area contributed by atoms with E-state index in [0.717, 1.165) is 19.5 Å². The van der Waals surface area contributed by atoms with Crippen LogP contribution < -0.4 is 5.73 Å². The molecule has 1 aliphatic heterocycles. The molecule has 0 amide bonds. The molecule has 0 aliphatic carbocycles. The molecule has 1 aromatic carbocycles. The monoisotopic (exact) mass is 260 g/mol. The molecule has 2 rings (SSSR count). The van der Waals surface area contributed by atoms with Crippen molar-refractivity contribution in [2.75, 3.05) is 13.1 Å². The van der Waals surface area contributed by atoms with Gasteiger partial charge in [0.2, 0.25) is 0 Å². The Morgan fingerprint density at radius 1 is 1.11 bits per heavy atom. The van der Waals surface area contributed by atoms with E-state index in [2.05, 4.69) is 36.1 Å². The molecule has 2 N–H and O–H groups in total. The second-order valence-corrected chi connectivity index (χ2v) is 5.75. The number of rotatable bonds is 7. The normalized spacial score (nSPS) is 19.4. The average molecular weight is 260 g/mol. The van der Waals surface area contributed by atoms with Crippen molar-refractivity contribution in [3.05, 3.63) is 35.4 Å². The van der Waals surface area contributed by atoms with E-state index in [1.165, 1.54) is 49.8 Å². The van der Waals surface area contributed by atoms with Gasteiger partial charge in [-0.1, -0.05) is 56.9 Å². The molecular formula is C17H28N2. The lowest BCUT2D eigenvalue weighted by molar-refractivity contribution is 0.172. The number of benzene rings is 1. The number of nitrogens with two attached hydrogens (primary N) is 1. The van der Waals surface area contributed by atoms with Crippen LogP contribution in [0.15, 0.2) is 24.3 Å². The van der Waals surface area contributed by atoms with Crippen molar-refractivity contribution in [2.24, 2.45) is 5.73 Å². The molecule has 1 unspecified atom stereocenters. The van der Waals surface area contributed by atoms with E-state index < -0.39 is 0 Å². The molecule has 1 aromatic rings. The third-order valence-electron chi connectivity index (χ3n) is 4.28. The second kappa shape index (κ2) is 7.66. The summed E-state index contributed by atoms with van der Waals surface area (Å²) >= 11 is 0. The highest BCUT2D eigenvalue weighted by Crippen LogP contribution is 2.23. The number of nitrogens with zero attached hydrogens (tertiary/aromatic N) is 1. The fourth-order valence-corrected chi connectivity index (χ4v) is 3.05. The zero-order valence-corrected chi connectivity index (χ0v) is 12.3. The summed E-state index contributed by atoms with van der Waals surface area (Å²) in [4.78, 5) is 2.59. The smallest absolute Gasteiger partial charge is 0.0262 e. The first-order chi connectivity index (χ1) is 9.35. The Balaban J connectivity index is 1.86. The van der Waals surface area contributed by atoms with Crippen LogP contribution in [0.25, 0.3) is 0 Å². The van der Waals surface area contributed by atoms with Gasteiger partial charge in [-0.2, -0.15) is 0 Å². The van der Waals surface area contributed by atoms with Gasteiger partial charge < -0.3 is 5.73 Å². The summed E-state index contributed by atoms with van der Waals surface area (Å²) < 4.78 is 0. The molecule has 0 fully saturated rings. The molecule has 0 saturated heterocycles. The van der Waals surface area contributed by atoms with Gasteiger partial charge in [-0.25, -0.2) is 0 Å². The standard InChI is InChI=1S/C17H28N2/c1-2-3-4-5-8-11-19-14-16-10-7-6-9-15(16)12-17(19)13-18/h6-7,9-10,17H,2-5,8,11-14,18H2,1H3. The lowest BCUT2D eigenvalue weighted by atomic mass is 9.93. The van der Waals surface area contributed by atoms with Crippen LogP contribution in [0.4, 0.5) is 0 Å². The predicted molar refractivity (Wildman–Crippen MR) is 82.2 cm³/mol. The molecule has 2 heteroatoms. The lowest BCUT2D eigenvalue weighted by Gasteiger charge is -2.36. The Hall–Kier alpha value is -0.860.